The standard InChI is InChI=1S/C25H30Cl2N4O2/c1-25(2,3)33-24(32)30-12-10-17(11-13-30)15-28-23-29-21-6-4-5-7-22(21)31(23)16-18-8-9-19(26)14-20(18)27/h4-9,14,17H,10-13,15-16H2,1-3H3,(H,28,29). The van der Waals surface area contributed by atoms with Crippen LogP contribution < -0.4 is 5.32 Å². The number of ether oxygens (including phenoxy) is 1. The molecule has 0 radical (unpaired) electrons. The summed E-state index contributed by atoms with van der Waals surface area (Å²) in [6.45, 7) is 8.48. The van der Waals surface area contributed by atoms with Gasteiger partial charge in [-0.05, 0) is 69.4 Å². The van der Waals surface area contributed by atoms with E-state index < -0.39 is 5.60 Å². The molecule has 0 bridgehead atoms. The van der Waals surface area contributed by atoms with E-state index in [1.165, 1.54) is 0 Å². The molecule has 0 spiro atoms. The molecule has 176 valence electrons. The number of hydrogen-bond acceptors (Lipinski definition) is 4. The van der Waals surface area contributed by atoms with Crippen molar-refractivity contribution in [3.05, 3.63) is 58.1 Å². The quantitative estimate of drug-likeness (QED) is 0.448. The van der Waals surface area contributed by atoms with Crippen LogP contribution in [0.3, 0.4) is 0 Å². The zero-order chi connectivity index (χ0) is 23.6. The number of benzene rings is 2. The molecule has 33 heavy (non-hydrogen) atoms. The Morgan fingerprint density at radius 1 is 1.15 bits per heavy atom. The summed E-state index contributed by atoms with van der Waals surface area (Å²) in [5.41, 5.74) is 2.50. The lowest BCUT2D eigenvalue weighted by Gasteiger charge is -2.33. The summed E-state index contributed by atoms with van der Waals surface area (Å²) in [6, 6.07) is 13.7. The van der Waals surface area contributed by atoms with Gasteiger partial charge in [0.1, 0.15) is 5.60 Å². The molecule has 4 rings (SSSR count). The molecule has 1 aliphatic rings. The van der Waals surface area contributed by atoms with Crippen molar-refractivity contribution in [2.24, 2.45) is 5.92 Å². The molecule has 0 atom stereocenters. The van der Waals surface area contributed by atoms with Crippen molar-refractivity contribution in [3.8, 4) is 0 Å². The molecule has 0 unspecified atom stereocenters. The average Bonchev–Trinajstić information content (AvgIpc) is 3.11. The number of fused-ring (bicyclic) bond motifs is 1. The topological polar surface area (TPSA) is 59.4 Å². The Balaban J connectivity index is 1.43. The molecule has 1 saturated heterocycles. The average molecular weight is 489 g/mol. The monoisotopic (exact) mass is 488 g/mol. The van der Waals surface area contributed by atoms with Crippen LogP contribution in [0.5, 0.6) is 0 Å². The van der Waals surface area contributed by atoms with Crippen LogP contribution in [0.25, 0.3) is 11.0 Å². The number of piperidine rings is 1. The molecule has 3 aromatic rings. The molecule has 1 aliphatic heterocycles. The second-order valence-corrected chi connectivity index (χ2v) is 10.4. The Labute approximate surface area is 204 Å². The van der Waals surface area contributed by atoms with Gasteiger partial charge in [0.2, 0.25) is 5.95 Å². The van der Waals surface area contributed by atoms with Crippen molar-refractivity contribution >= 4 is 46.3 Å². The van der Waals surface area contributed by atoms with Gasteiger partial charge in [-0.15, -0.1) is 0 Å². The molecular formula is C25H30Cl2N4O2. The maximum atomic E-state index is 12.3. The van der Waals surface area contributed by atoms with Crippen LogP contribution in [0.2, 0.25) is 10.0 Å². The zero-order valence-corrected chi connectivity index (χ0v) is 20.8. The Kier molecular flexibility index (Phi) is 7.05. The third-order valence-electron chi connectivity index (χ3n) is 5.81. The van der Waals surface area contributed by atoms with Gasteiger partial charge in [0.25, 0.3) is 0 Å². The summed E-state index contributed by atoms with van der Waals surface area (Å²) < 4.78 is 7.66. The number of carbonyl (C=O) groups is 1. The zero-order valence-electron chi connectivity index (χ0n) is 19.3. The number of rotatable bonds is 5. The first-order valence-corrected chi connectivity index (χ1v) is 12.1. The van der Waals surface area contributed by atoms with Gasteiger partial charge in [-0.1, -0.05) is 41.4 Å². The summed E-state index contributed by atoms with van der Waals surface area (Å²) >= 11 is 12.5. The number of halogens is 2. The fourth-order valence-electron chi connectivity index (χ4n) is 4.07. The van der Waals surface area contributed by atoms with E-state index in [1.54, 1.807) is 11.0 Å². The Morgan fingerprint density at radius 2 is 1.88 bits per heavy atom. The molecule has 1 amide bonds. The van der Waals surface area contributed by atoms with Gasteiger partial charge in [-0.3, -0.25) is 0 Å². The number of anilines is 1. The number of hydrogen-bond donors (Lipinski definition) is 1. The number of nitrogens with one attached hydrogen (secondary N) is 1. The number of nitrogens with zero attached hydrogens (tertiary/aromatic N) is 3. The van der Waals surface area contributed by atoms with Crippen LogP contribution >= 0.6 is 23.2 Å². The molecule has 6 nitrogen and oxygen atoms in total. The van der Waals surface area contributed by atoms with E-state index in [4.69, 9.17) is 32.9 Å². The van der Waals surface area contributed by atoms with Gasteiger partial charge >= 0.3 is 6.09 Å². The number of carbonyl (C=O) groups excluding carboxylic acids is 1. The molecule has 1 fully saturated rings. The largest absolute Gasteiger partial charge is 0.444 e. The van der Waals surface area contributed by atoms with Gasteiger partial charge in [0.15, 0.2) is 0 Å². The SMILES string of the molecule is CC(C)(C)OC(=O)N1CCC(CNc2nc3ccccc3n2Cc2ccc(Cl)cc2Cl)CC1. The van der Waals surface area contributed by atoms with Crippen molar-refractivity contribution in [2.75, 3.05) is 25.0 Å². The summed E-state index contributed by atoms with van der Waals surface area (Å²) in [5.74, 6) is 1.27. The molecule has 1 N–H and O–H groups in total. The van der Waals surface area contributed by atoms with Crippen molar-refractivity contribution in [3.63, 3.8) is 0 Å². The first-order valence-electron chi connectivity index (χ1n) is 11.3. The van der Waals surface area contributed by atoms with Crippen LogP contribution in [0.15, 0.2) is 42.5 Å². The van der Waals surface area contributed by atoms with E-state index in [1.807, 2.05) is 51.1 Å². The second-order valence-electron chi connectivity index (χ2n) is 9.54. The summed E-state index contributed by atoms with van der Waals surface area (Å²) in [6.07, 6.45) is 1.63. The minimum Gasteiger partial charge on any atom is -0.444 e. The number of imidazole rings is 1. The van der Waals surface area contributed by atoms with Gasteiger partial charge in [-0.25, -0.2) is 9.78 Å². The normalized spacial score (nSPS) is 15.1. The van der Waals surface area contributed by atoms with E-state index in [-0.39, 0.29) is 6.09 Å². The highest BCUT2D eigenvalue weighted by Gasteiger charge is 2.27. The lowest BCUT2D eigenvalue weighted by Crippen LogP contribution is -2.42. The maximum Gasteiger partial charge on any atom is 0.410 e. The molecule has 8 heteroatoms. The third-order valence-corrected chi connectivity index (χ3v) is 6.40. The van der Waals surface area contributed by atoms with Crippen molar-refractivity contribution in [1.29, 1.82) is 0 Å². The highest BCUT2D eigenvalue weighted by molar-refractivity contribution is 6.35. The van der Waals surface area contributed by atoms with Crippen LogP contribution in [-0.4, -0.2) is 45.8 Å². The lowest BCUT2D eigenvalue weighted by molar-refractivity contribution is 0.0188. The van der Waals surface area contributed by atoms with Crippen molar-refractivity contribution in [2.45, 2.75) is 45.8 Å². The smallest absolute Gasteiger partial charge is 0.410 e. The summed E-state index contributed by atoms with van der Waals surface area (Å²) in [4.78, 5) is 18.9. The first kappa shape index (κ1) is 23.7. The van der Waals surface area contributed by atoms with E-state index in [2.05, 4.69) is 16.0 Å². The van der Waals surface area contributed by atoms with E-state index in [9.17, 15) is 4.79 Å². The maximum absolute atomic E-state index is 12.3. The van der Waals surface area contributed by atoms with E-state index in [0.29, 0.717) is 35.6 Å². The van der Waals surface area contributed by atoms with Gasteiger partial charge in [-0.2, -0.15) is 0 Å². The number of aromatic nitrogens is 2. The number of likely N-dealkylation sites (tertiary alicyclic amines) is 1. The van der Waals surface area contributed by atoms with Gasteiger partial charge in [0, 0.05) is 29.7 Å². The number of para-hydroxylation sites is 2. The third kappa shape index (κ3) is 5.92. The van der Waals surface area contributed by atoms with Crippen molar-refractivity contribution < 1.29 is 9.53 Å². The number of amides is 1. The van der Waals surface area contributed by atoms with Crippen LogP contribution in [0.4, 0.5) is 10.7 Å². The van der Waals surface area contributed by atoms with Gasteiger partial charge in [0.05, 0.1) is 17.6 Å². The van der Waals surface area contributed by atoms with Crippen LogP contribution in [0, 0.1) is 5.92 Å². The Hall–Kier alpha value is -2.44. The summed E-state index contributed by atoms with van der Waals surface area (Å²) in [5, 5.41) is 4.81. The fraction of sp³-hybridized carbons (Fsp3) is 0.440. The molecular weight excluding hydrogens is 459 g/mol. The lowest BCUT2D eigenvalue weighted by atomic mass is 9.97. The molecule has 1 aromatic heterocycles. The fourth-order valence-corrected chi connectivity index (χ4v) is 4.54. The molecule has 0 aliphatic carbocycles. The Bertz CT molecular complexity index is 1130. The molecule has 0 saturated carbocycles. The predicted octanol–water partition coefficient (Wildman–Crippen LogP) is 6.45. The summed E-state index contributed by atoms with van der Waals surface area (Å²) in [7, 11) is 0. The van der Waals surface area contributed by atoms with Crippen molar-refractivity contribution in [1.82, 2.24) is 14.5 Å². The van der Waals surface area contributed by atoms with Crippen LogP contribution in [0.1, 0.15) is 39.2 Å². The highest BCUT2D eigenvalue weighted by atomic mass is 35.5. The van der Waals surface area contributed by atoms with E-state index in [0.717, 1.165) is 41.9 Å². The molecule has 2 heterocycles. The molecule has 2 aromatic carbocycles. The predicted molar refractivity (Wildman–Crippen MR) is 134 cm³/mol. The first-order chi connectivity index (χ1) is 15.7. The minimum atomic E-state index is -0.471. The minimum absolute atomic E-state index is 0.226. The van der Waals surface area contributed by atoms with Gasteiger partial charge < -0.3 is 19.5 Å². The van der Waals surface area contributed by atoms with Crippen LogP contribution in [-0.2, 0) is 11.3 Å². The van der Waals surface area contributed by atoms with E-state index >= 15 is 0 Å². The second kappa shape index (κ2) is 9.82. The Morgan fingerprint density at radius 3 is 2.58 bits per heavy atom. The highest BCUT2D eigenvalue weighted by Crippen LogP contribution is 2.27.